The molecule has 0 aliphatic carbocycles. The fourth-order valence-corrected chi connectivity index (χ4v) is 3.45. The van der Waals surface area contributed by atoms with E-state index in [0.29, 0.717) is 0 Å². The summed E-state index contributed by atoms with van der Waals surface area (Å²) in [6.45, 7) is 5.48. The smallest absolute Gasteiger partial charge is 0.118 e. The van der Waals surface area contributed by atoms with Gasteiger partial charge in [0.05, 0.1) is 19.1 Å². The number of aryl methyl sites for hydroxylation is 2. The number of piperidine rings is 1. The van der Waals surface area contributed by atoms with Gasteiger partial charge in [-0.05, 0) is 62.8 Å². The van der Waals surface area contributed by atoms with E-state index in [1.807, 2.05) is 0 Å². The molecule has 1 atom stereocenters. The molecule has 124 valence electrons. The molecule has 0 amide bonds. The summed E-state index contributed by atoms with van der Waals surface area (Å²) in [6, 6.07) is 8.49. The van der Waals surface area contributed by atoms with Crippen molar-refractivity contribution in [3.63, 3.8) is 0 Å². The first-order chi connectivity index (χ1) is 11.2. The van der Waals surface area contributed by atoms with E-state index in [0.717, 1.165) is 24.6 Å². The lowest BCUT2D eigenvalue weighted by molar-refractivity contribution is 0.160. The third-order valence-electron chi connectivity index (χ3n) is 4.91. The minimum atomic E-state index is 0.796. The number of H-pyrrole nitrogens is 1. The van der Waals surface area contributed by atoms with Crippen molar-refractivity contribution in [3.05, 3.63) is 47.5 Å². The molecule has 1 aliphatic rings. The fourth-order valence-electron chi connectivity index (χ4n) is 3.45. The summed E-state index contributed by atoms with van der Waals surface area (Å²) < 4.78 is 5.22. The summed E-state index contributed by atoms with van der Waals surface area (Å²) in [5.41, 5.74) is 3.80. The minimum absolute atomic E-state index is 0.796. The molecular formula is C19H27N3O. The molecule has 2 aromatic rings. The number of aromatic nitrogens is 2. The second-order valence-electron chi connectivity index (χ2n) is 6.60. The number of likely N-dealkylation sites (tertiary alicyclic amines) is 1. The van der Waals surface area contributed by atoms with Crippen molar-refractivity contribution in [1.29, 1.82) is 0 Å². The quantitative estimate of drug-likeness (QED) is 0.886. The van der Waals surface area contributed by atoms with Crippen LogP contribution in [0.2, 0.25) is 0 Å². The van der Waals surface area contributed by atoms with Gasteiger partial charge in [-0.2, -0.15) is 0 Å². The number of hydrogen-bond acceptors (Lipinski definition) is 3. The number of hydrogen-bond donors (Lipinski definition) is 1. The van der Waals surface area contributed by atoms with E-state index in [9.17, 15) is 0 Å². The van der Waals surface area contributed by atoms with Crippen molar-refractivity contribution in [3.8, 4) is 5.75 Å². The average molecular weight is 313 g/mol. The summed E-state index contributed by atoms with van der Waals surface area (Å²) in [4.78, 5) is 10.2. The molecule has 4 heteroatoms. The summed E-state index contributed by atoms with van der Waals surface area (Å²) >= 11 is 0. The van der Waals surface area contributed by atoms with Crippen LogP contribution in [0.15, 0.2) is 30.6 Å². The number of rotatable bonds is 6. The lowest BCUT2D eigenvalue weighted by Gasteiger charge is -2.32. The average Bonchev–Trinajstić information content (AvgIpc) is 2.99. The van der Waals surface area contributed by atoms with Gasteiger partial charge in [0, 0.05) is 18.8 Å². The first-order valence-corrected chi connectivity index (χ1v) is 8.58. The minimum Gasteiger partial charge on any atom is -0.497 e. The Morgan fingerprint density at radius 2 is 2.13 bits per heavy atom. The molecule has 0 radical (unpaired) electrons. The normalized spacial score (nSPS) is 19.0. The van der Waals surface area contributed by atoms with Gasteiger partial charge in [-0.1, -0.05) is 12.1 Å². The molecule has 0 spiro atoms. The van der Waals surface area contributed by atoms with Crippen molar-refractivity contribution in [2.45, 2.75) is 39.2 Å². The highest BCUT2D eigenvalue weighted by molar-refractivity contribution is 5.27. The van der Waals surface area contributed by atoms with Crippen molar-refractivity contribution >= 4 is 0 Å². The molecule has 1 aromatic heterocycles. The molecule has 0 bridgehead atoms. The molecule has 1 fully saturated rings. The highest BCUT2D eigenvalue weighted by Gasteiger charge is 2.20. The zero-order valence-corrected chi connectivity index (χ0v) is 14.2. The number of nitrogens with zero attached hydrogens (tertiary/aromatic N) is 2. The van der Waals surface area contributed by atoms with E-state index in [1.54, 1.807) is 13.4 Å². The van der Waals surface area contributed by atoms with Crippen LogP contribution in [0.4, 0.5) is 0 Å². The molecule has 1 saturated heterocycles. The Hall–Kier alpha value is -1.81. The molecule has 23 heavy (non-hydrogen) atoms. The van der Waals surface area contributed by atoms with Crippen LogP contribution in [-0.2, 0) is 13.0 Å². The zero-order valence-electron chi connectivity index (χ0n) is 14.2. The van der Waals surface area contributed by atoms with Gasteiger partial charge in [0.1, 0.15) is 5.75 Å². The molecule has 1 unspecified atom stereocenters. The van der Waals surface area contributed by atoms with Crippen molar-refractivity contribution in [1.82, 2.24) is 14.9 Å². The molecule has 2 heterocycles. The van der Waals surface area contributed by atoms with Crippen molar-refractivity contribution in [2.24, 2.45) is 5.92 Å². The molecule has 1 aromatic carbocycles. The van der Waals surface area contributed by atoms with Gasteiger partial charge in [0.25, 0.3) is 0 Å². The third kappa shape index (κ3) is 4.35. The molecule has 3 rings (SSSR count). The monoisotopic (exact) mass is 313 g/mol. The van der Waals surface area contributed by atoms with E-state index in [4.69, 9.17) is 4.74 Å². The number of imidazole rings is 1. The summed E-state index contributed by atoms with van der Waals surface area (Å²) in [6.07, 6.45) is 6.88. The van der Waals surface area contributed by atoms with Gasteiger partial charge in [0.2, 0.25) is 0 Å². The maximum absolute atomic E-state index is 5.22. The van der Waals surface area contributed by atoms with Crippen molar-refractivity contribution < 1.29 is 4.74 Å². The van der Waals surface area contributed by atoms with Crippen LogP contribution >= 0.6 is 0 Å². The Morgan fingerprint density at radius 1 is 1.30 bits per heavy atom. The fraction of sp³-hybridized carbons (Fsp3) is 0.526. The first kappa shape index (κ1) is 16.1. The van der Waals surface area contributed by atoms with Crippen LogP contribution in [0, 0.1) is 12.8 Å². The number of ether oxygens (including phenoxy) is 1. The van der Waals surface area contributed by atoms with Gasteiger partial charge >= 0.3 is 0 Å². The van der Waals surface area contributed by atoms with Gasteiger partial charge < -0.3 is 9.72 Å². The van der Waals surface area contributed by atoms with Gasteiger partial charge in [0.15, 0.2) is 0 Å². The lowest BCUT2D eigenvalue weighted by atomic mass is 9.91. The number of aromatic amines is 1. The molecular weight excluding hydrogens is 286 g/mol. The van der Waals surface area contributed by atoms with E-state index in [1.165, 1.54) is 49.3 Å². The van der Waals surface area contributed by atoms with Crippen molar-refractivity contribution in [2.75, 3.05) is 20.2 Å². The second kappa shape index (κ2) is 7.64. The molecule has 0 saturated carbocycles. The highest BCUT2D eigenvalue weighted by atomic mass is 16.5. The molecule has 4 nitrogen and oxygen atoms in total. The SMILES string of the molecule is COc1ccc(CCC2CCCN(Cc3nc[nH]c3C)C2)cc1. The van der Waals surface area contributed by atoms with Crippen LogP contribution in [-0.4, -0.2) is 35.1 Å². The predicted molar refractivity (Wildman–Crippen MR) is 92.6 cm³/mol. The summed E-state index contributed by atoms with van der Waals surface area (Å²) in [5, 5.41) is 0. The Balaban J connectivity index is 1.49. The van der Waals surface area contributed by atoms with Crippen LogP contribution in [0.1, 0.15) is 36.2 Å². The summed E-state index contributed by atoms with van der Waals surface area (Å²) in [7, 11) is 1.71. The first-order valence-electron chi connectivity index (χ1n) is 8.58. The zero-order chi connectivity index (χ0) is 16.1. The molecule has 1 aliphatic heterocycles. The number of benzene rings is 1. The third-order valence-corrected chi connectivity index (χ3v) is 4.91. The largest absolute Gasteiger partial charge is 0.497 e. The Morgan fingerprint density at radius 3 is 2.83 bits per heavy atom. The Kier molecular flexibility index (Phi) is 5.34. The van der Waals surface area contributed by atoms with E-state index < -0.39 is 0 Å². The second-order valence-corrected chi connectivity index (χ2v) is 6.60. The van der Waals surface area contributed by atoms with Crippen LogP contribution < -0.4 is 4.74 Å². The topological polar surface area (TPSA) is 41.1 Å². The van der Waals surface area contributed by atoms with Crippen LogP contribution in [0.25, 0.3) is 0 Å². The van der Waals surface area contributed by atoms with Crippen LogP contribution in [0.5, 0.6) is 5.75 Å². The maximum Gasteiger partial charge on any atom is 0.118 e. The maximum atomic E-state index is 5.22. The van der Waals surface area contributed by atoms with E-state index in [2.05, 4.69) is 46.1 Å². The van der Waals surface area contributed by atoms with E-state index in [-0.39, 0.29) is 0 Å². The number of nitrogens with one attached hydrogen (secondary N) is 1. The van der Waals surface area contributed by atoms with Gasteiger partial charge in [-0.25, -0.2) is 4.98 Å². The lowest BCUT2D eigenvalue weighted by Crippen LogP contribution is -2.35. The Bertz CT molecular complexity index is 605. The molecule has 1 N–H and O–H groups in total. The predicted octanol–water partition coefficient (Wildman–Crippen LogP) is 3.57. The van der Waals surface area contributed by atoms with Gasteiger partial charge in [-0.3, -0.25) is 4.90 Å². The standard InChI is InChI=1S/C19H27N3O/c1-15-19(21-14-20-15)13-22-11-3-4-17(12-22)6-5-16-7-9-18(23-2)10-8-16/h7-10,14,17H,3-6,11-13H2,1-2H3,(H,20,21). The highest BCUT2D eigenvalue weighted by Crippen LogP contribution is 2.23. The Labute approximate surface area is 138 Å². The number of methoxy groups -OCH3 is 1. The van der Waals surface area contributed by atoms with Crippen LogP contribution in [0.3, 0.4) is 0 Å². The van der Waals surface area contributed by atoms with E-state index >= 15 is 0 Å². The van der Waals surface area contributed by atoms with Gasteiger partial charge in [-0.15, -0.1) is 0 Å². The summed E-state index contributed by atoms with van der Waals surface area (Å²) in [5.74, 6) is 1.73.